The lowest BCUT2D eigenvalue weighted by atomic mass is 9.98. The van der Waals surface area contributed by atoms with Crippen LogP contribution < -0.4 is 16.4 Å². The molecule has 4 unspecified atom stereocenters. The van der Waals surface area contributed by atoms with Crippen LogP contribution in [0.2, 0.25) is 0 Å². The average Bonchev–Trinajstić information content (AvgIpc) is 2.70. The standard InChI is InChI=1S/C18H22FN7O2/c1-26-10-12(19)8-23-17(26)15(16(20)25-28)18(27)24-14-9-22-7-4-13(14)11-2-5-21-6-3-11/h2-7,9,12,15-17,23H,8,10,20H2,1H3,(H,24,27). The first-order valence-corrected chi connectivity index (χ1v) is 8.82. The fraction of sp³-hybridized carbons (Fsp3) is 0.389. The number of nitroso groups, excluding NO2 is 1. The van der Waals surface area contributed by atoms with Gasteiger partial charge in [0.1, 0.15) is 12.1 Å². The molecule has 2 aromatic rings. The van der Waals surface area contributed by atoms with Crippen molar-refractivity contribution in [3.8, 4) is 11.1 Å². The molecule has 3 heterocycles. The maximum Gasteiger partial charge on any atom is 0.234 e. The van der Waals surface area contributed by atoms with Crippen LogP contribution in [0.25, 0.3) is 11.1 Å². The van der Waals surface area contributed by atoms with E-state index in [9.17, 15) is 14.1 Å². The fourth-order valence-electron chi connectivity index (χ4n) is 3.34. The zero-order valence-electron chi connectivity index (χ0n) is 15.3. The van der Waals surface area contributed by atoms with Crippen LogP contribution in [0, 0.1) is 10.8 Å². The van der Waals surface area contributed by atoms with Gasteiger partial charge in [0.05, 0.1) is 18.1 Å². The monoisotopic (exact) mass is 387 g/mol. The van der Waals surface area contributed by atoms with Gasteiger partial charge in [0.15, 0.2) is 6.17 Å². The lowest BCUT2D eigenvalue weighted by Crippen LogP contribution is -2.62. The summed E-state index contributed by atoms with van der Waals surface area (Å²) in [5.74, 6) is -1.52. The van der Waals surface area contributed by atoms with Gasteiger partial charge in [-0.3, -0.25) is 25.0 Å². The summed E-state index contributed by atoms with van der Waals surface area (Å²) in [4.78, 5) is 33.8. The van der Waals surface area contributed by atoms with E-state index >= 15 is 0 Å². The van der Waals surface area contributed by atoms with Crippen molar-refractivity contribution >= 4 is 11.6 Å². The summed E-state index contributed by atoms with van der Waals surface area (Å²) >= 11 is 0. The second kappa shape index (κ2) is 8.91. The van der Waals surface area contributed by atoms with Crippen molar-refractivity contribution in [3.05, 3.63) is 47.9 Å². The molecule has 4 atom stereocenters. The van der Waals surface area contributed by atoms with E-state index in [4.69, 9.17) is 5.73 Å². The molecule has 148 valence electrons. The Kier molecular flexibility index (Phi) is 6.34. The molecular formula is C18H22FN7O2. The number of alkyl halides is 1. The van der Waals surface area contributed by atoms with Crippen molar-refractivity contribution in [1.29, 1.82) is 0 Å². The van der Waals surface area contributed by atoms with E-state index < -0.39 is 30.3 Å². The smallest absolute Gasteiger partial charge is 0.234 e. The highest BCUT2D eigenvalue weighted by Crippen LogP contribution is 2.27. The van der Waals surface area contributed by atoms with Crippen molar-refractivity contribution in [1.82, 2.24) is 20.2 Å². The highest BCUT2D eigenvalue weighted by atomic mass is 19.1. The van der Waals surface area contributed by atoms with Gasteiger partial charge in [-0.25, -0.2) is 4.39 Å². The van der Waals surface area contributed by atoms with Crippen molar-refractivity contribution in [2.75, 3.05) is 25.5 Å². The lowest BCUT2D eigenvalue weighted by molar-refractivity contribution is -0.124. The zero-order valence-corrected chi connectivity index (χ0v) is 15.3. The molecular weight excluding hydrogens is 365 g/mol. The quantitative estimate of drug-likeness (QED) is 0.630. The van der Waals surface area contributed by atoms with Crippen molar-refractivity contribution < 1.29 is 9.18 Å². The molecule has 0 spiro atoms. The Morgan fingerprint density at radius 2 is 2.07 bits per heavy atom. The van der Waals surface area contributed by atoms with E-state index in [0.717, 1.165) is 11.1 Å². The SMILES string of the molecule is CN1CC(F)CNC1C(C(=O)Nc1cnccc1-c1ccncc1)C(N)N=O. The Hall–Kier alpha value is -2.82. The number of anilines is 1. The molecule has 0 bridgehead atoms. The fourth-order valence-corrected chi connectivity index (χ4v) is 3.34. The van der Waals surface area contributed by atoms with Crippen LogP contribution in [0.15, 0.2) is 48.2 Å². The van der Waals surface area contributed by atoms with Gasteiger partial charge in [0.2, 0.25) is 5.91 Å². The lowest BCUT2D eigenvalue weighted by Gasteiger charge is -2.39. The minimum absolute atomic E-state index is 0.0690. The topological polar surface area (TPSA) is 126 Å². The first-order chi connectivity index (χ1) is 13.5. The number of carbonyl (C=O) groups excluding carboxylic acids is 1. The molecule has 28 heavy (non-hydrogen) atoms. The number of halogens is 1. The molecule has 0 saturated carbocycles. The third-order valence-electron chi connectivity index (χ3n) is 4.71. The third-order valence-corrected chi connectivity index (χ3v) is 4.71. The predicted octanol–water partition coefficient (Wildman–Crippen LogP) is 0.949. The third kappa shape index (κ3) is 4.35. The molecule has 0 aliphatic carbocycles. The molecule has 3 rings (SSSR count). The van der Waals surface area contributed by atoms with Gasteiger partial charge in [0, 0.05) is 37.2 Å². The van der Waals surface area contributed by atoms with E-state index in [2.05, 4.69) is 25.8 Å². The Balaban J connectivity index is 1.86. The minimum atomic E-state index is -1.29. The van der Waals surface area contributed by atoms with Crippen LogP contribution in [0.4, 0.5) is 10.1 Å². The van der Waals surface area contributed by atoms with Crippen LogP contribution in [0.3, 0.4) is 0 Å². The molecule has 0 aromatic carbocycles. The maximum absolute atomic E-state index is 13.6. The average molecular weight is 387 g/mol. The van der Waals surface area contributed by atoms with Gasteiger partial charge in [-0.1, -0.05) is 5.18 Å². The summed E-state index contributed by atoms with van der Waals surface area (Å²) in [6.07, 6.45) is 3.43. The van der Waals surface area contributed by atoms with Crippen molar-refractivity contribution in [3.63, 3.8) is 0 Å². The molecule has 9 nitrogen and oxygen atoms in total. The number of pyridine rings is 2. The Morgan fingerprint density at radius 3 is 2.75 bits per heavy atom. The first kappa shape index (κ1) is 19.9. The van der Waals surface area contributed by atoms with Gasteiger partial charge in [-0.2, -0.15) is 0 Å². The largest absolute Gasteiger partial charge is 0.324 e. The van der Waals surface area contributed by atoms with Crippen molar-refractivity contribution in [2.45, 2.75) is 18.5 Å². The summed E-state index contributed by atoms with van der Waals surface area (Å²) in [6.45, 7) is 0.196. The maximum atomic E-state index is 13.6. The molecule has 2 aromatic heterocycles. The minimum Gasteiger partial charge on any atom is -0.324 e. The number of carbonyl (C=O) groups is 1. The summed E-state index contributed by atoms with van der Waals surface area (Å²) < 4.78 is 13.6. The molecule has 0 radical (unpaired) electrons. The van der Waals surface area contributed by atoms with Gasteiger partial charge >= 0.3 is 0 Å². The Labute approximate surface area is 161 Å². The van der Waals surface area contributed by atoms with Crippen LogP contribution in [0.1, 0.15) is 0 Å². The number of hydrogen-bond donors (Lipinski definition) is 3. The van der Waals surface area contributed by atoms with E-state index in [1.54, 1.807) is 48.7 Å². The molecule has 1 aliphatic rings. The molecule has 1 aliphatic heterocycles. The molecule has 1 fully saturated rings. The van der Waals surface area contributed by atoms with Gasteiger partial charge in [0.25, 0.3) is 0 Å². The van der Waals surface area contributed by atoms with E-state index in [-0.39, 0.29) is 13.1 Å². The number of nitrogens with one attached hydrogen (secondary N) is 2. The number of nitrogens with two attached hydrogens (primary N) is 1. The number of nitrogens with zero attached hydrogens (tertiary/aromatic N) is 4. The second-order valence-electron chi connectivity index (χ2n) is 6.66. The normalized spacial score (nSPS) is 22.2. The van der Waals surface area contributed by atoms with Gasteiger partial charge in [-0.05, 0) is 30.8 Å². The summed E-state index contributed by atoms with van der Waals surface area (Å²) in [5.41, 5.74) is 7.87. The second-order valence-corrected chi connectivity index (χ2v) is 6.66. The van der Waals surface area contributed by atoms with Crippen LogP contribution in [-0.2, 0) is 4.79 Å². The highest BCUT2D eigenvalue weighted by molar-refractivity contribution is 5.97. The Morgan fingerprint density at radius 1 is 1.36 bits per heavy atom. The molecule has 4 N–H and O–H groups in total. The number of aromatic nitrogens is 2. The van der Waals surface area contributed by atoms with E-state index in [1.165, 1.54) is 6.20 Å². The number of amides is 1. The number of hydrogen-bond acceptors (Lipinski definition) is 8. The van der Waals surface area contributed by atoms with Gasteiger partial charge < -0.3 is 11.1 Å². The van der Waals surface area contributed by atoms with Gasteiger partial charge in [-0.15, -0.1) is 4.91 Å². The summed E-state index contributed by atoms with van der Waals surface area (Å²) in [6, 6.07) is 5.37. The van der Waals surface area contributed by atoms with Crippen LogP contribution >= 0.6 is 0 Å². The summed E-state index contributed by atoms with van der Waals surface area (Å²) in [5, 5.41) is 8.57. The highest BCUT2D eigenvalue weighted by Gasteiger charge is 2.40. The Bertz CT molecular complexity index is 823. The molecule has 1 saturated heterocycles. The zero-order chi connectivity index (χ0) is 20.1. The van der Waals surface area contributed by atoms with Crippen LogP contribution in [0.5, 0.6) is 0 Å². The van der Waals surface area contributed by atoms with E-state index in [0.29, 0.717) is 5.69 Å². The molecule has 10 heteroatoms. The predicted molar refractivity (Wildman–Crippen MR) is 103 cm³/mol. The molecule has 1 amide bonds. The van der Waals surface area contributed by atoms with Crippen molar-refractivity contribution in [2.24, 2.45) is 16.8 Å². The first-order valence-electron chi connectivity index (χ1n) is 8.82. The summed E-state index contributed by atoms with van der Waals surface area (Å²) in [7, 11) is 1.66. The number of rotatable bonds is 6. The van der Waals surface area contributed by atoms with Crippen LogP contribution in [-0.4, -0.2) is 59.4 Å². The van der Waals surface area contributed by atoms with E-state index in [1.807, 2.05) is 0 Å².